The number of nitrogens with one attached hydrogen (secondary N) is 1. The van der Waals surface area contributed by atoms with Crippen LogP contribution in [0.2, 0.25) is 0 Å². The zero-order valence-electron chi connectivity index (χ0n) is 10.5. The zero-order chi connectivity index (χ0) is 13.0. The first-order valence-corrected chi connectivity index (χ1v) is 5.71. The molecule has 1 rings (SSSR count). The second-order valence-corrected chi connectivity index (χ2v) is 4.60. The molecule has 0 aromatic rings. The quantitative estimate of drug-likeness (QED) is 0.739. The van der Waals surface area contributed by atoms with Crippen molar-refractivity contribution in [3.05, 3.63) is 0 Å². The molecule has 0 spiro atoms. The molecule has 17 heavy (non-hydrogen) atoms. The fraction of sp³-hybridized carbons (Fsp3) is 0.818. The van der Waals surface area contributed by atoms with E-state index in [0.717, 1.165) is 12.8 Å². The molecule has 98 valence electrons. The van der Waals surface area contributed by atoms with Crippen LogP contribution in [-0.2, 0) is 9.53 Å². The SMILES string of the molecule is COC1CC(NC(=O)N(C)CC(C)C(=O)O)C1. The van der Waals surface area contributed by atoms with Crippen molar-refractivity contribution in [1.29, 1.82) is 0 Å². The summed E-state index contributed by atoms with van der Waals surface area (Å²) < 4.78 is 5.11. The highest BCUT2D eigenvalue weighted by atomic mass is 16.5. The number of amides is 2. The molecule has 1 fully saturated rings. The Labute approximate surface area is 101 Å². The van der Waals surface area contributed by atoms with Gasteiger partial charge in [-0.3, -0.25) is 4.79 Å². The van der Waals surface area contributed by atoms with E-state index in [1.54, 1.807) is 21.1 Å². The Hall–Kier alpha value is -1.30. The van der Waals surface area contributed by atoms with E-state index in [0.29, 0.717) is 0 Å². The molecule has 6 heteroatoms. The van der Waals surface area contributed by atoms with E-state index in [1.165, 1.54) is 4.90 Å². The van der Waals surface area contributed by atoms with Crippen molar-refractivity contribution in [3.8, 4) is 0 Å². The van der Waals surface area contributed by atoms with Crippen LogP contribution in [0.5, 0.6) is 0 Å². The van der Waals surface area contributed by atoms with Crippen LogP contribution in [0.4, 0.5) is 4.79 Å². The summed E-state index contributed by atoms with van der Waals surface area (Å²) in [5.41, 5.74) is 0. The Morgan fingerprint density at radius 3 is 2.59 bits per heavy atom. The van der Waals surface area contributed by atoms with Crippen LogP contribution >= 0.6 is 0 Å². The van der Waals surface area contributed by atoms with Crippen LogP contribution in [0.25, 0.3) is 0 Å². The molecular formula is C11H20N2O4. The second kappa shape index (κ2) is 5.86. The Morgan fingerprint density at radius 1 is 1.53 bits per heavy atom. The van der Waals surface area contributed by atoms with E-state index in [9.17, 15) is 9.59 Å². The van der Waals surface area contributed by atoms with Crippen molar-refractivity contribution in [2.75, 3.05) is 20.7 Å². The number of hydrogen-bond donors (Lipinski definition) is 2. The normalized spacial score (nSPS) is 24.6. The molecule has 0 aromatic heterocycles. The maximum absolute atomic E-state index is 11.7. The molecular weight excluding hydrogens is 224 g/mol. The van der Waals surface area contributed by atoms with Crippen LogP contribution in [0.3, 0.4) is 0 Å². The summed E-state index contributed by atoms with van der Waals surface area (Å²) in [7, 11) is 3.25. The van der Waals surface area contributed by atoms with Gasteiger partial charge >= 0.3 is 12.0 Å². The lowest BCUT2D eigenvalue weighted by atomic mass is 9.89. The summed E-state index contributed by atoms with van der Waals surface area (Å²) in [4.78, 5) is 23.7. The smallest absolute Gasteiger partial charge is 0.317 e. The van der Waals surface area contributed by atoms with E-state index >= 15 is 0 Å². The van der Waals surface area contributed by atoms with Gasteiger partial charge < -0.3 is 20.1 Å². The summed E-state index contributed by atoms with van der Waals surface area (Å²) in [6.07, 6.45) is 1.89. The minimum atomic E-state index is -0.896. The van der Waals surface area contributed by atoms with Crippen molar-refractivity contribution in [1.82, 2.24) is 10.2 Å². The topological polar surface area (TPSA) is 78.9 Å². The minimum absolute atomic E-state index is 0.148. The van der Waals surface area contributed by atoms with Crippen molar-refractivity contribution < 1.29 is 19.4 Å². The Bertz CT molecular complexity index is 289. The number of carboxylic acid groups (broad SMARTS) is 1. The highest BCUT2D eigenvalue weighted by Crippen LogP contribution is 2.22. The van der Waals surface area contributed by atoms with Gasteiger partial charge in [-0.2, -0.15) is 0 Å². The number of carbonyl (C=O) groups is 2. The van der Waals surface area contributed by atoms with E-state index in [-0.39, 0.29) is 24.7 Å². The number of carbonyl (C=O) groups excluding carboxylic acids is 1. The van der Waals surface area contributed by atoms with Gasteiger partial charge in [0.15, 0.2) is 0 Å². The first-order valence-electron chi connectivity index (χ1n) is 5.71. The van der Waals surface area contributed by atoms with E-state index in [4.69, 9.17) is 9.84 Å². The third kappa shape index (κ3) is 3.89. The van der Waals surface area contributed by atoms with Gasteiger partial charge in [-0.1, -0.05) is 6.92 Å². The number of carboxylic acids is 1. The summed E-state index contributed by atoms with van der Waals surface area (Å²) >= 11 is 0. The summed E-state index contributed by atoms with van der Waals surface area (Å²) in [6, 6.07) is -0.0762. The number of rotatable bonds is 5. The van der Waals surface area contributed by atoms with Gasteiger partial charge in [0, 0.05) is 26.7 Å². The highest BCUT2D eigenvalue weighted by molar-refractivity contribution is 5.76. The fourth-order valence-corrected chi connectivity index (χ4v) is 1.73. The molecule has 2 N–H and O–H groups in total. The number of nitrogens with zero attached hydrogens (tertiary/aromatic N) is 1. The largest absolute Gasteiger partial charge is 0.481 e. The van der Waals surface area contributed by atoms with Crippen LogP contribution < -0.4 is 5.32 Å². The first kappa shape index (κ1) is 13.8. The van der Waals surface area contributed by atoms with Gasteiger partial charge in [0.05, 0.1) is 12.0 Å². The predicted molar refractivity (Wildman–Crippen MR) is 61.8 cm³/mol. The lowest BCUT2D eigenvalue weighted by Gasteiger charge is -2.35. The molecule has 0 heterocycles. The van der Waals surface area contributed by atoms with Crippen molar-refractivity contribution in [2.24, 2.45) is 5.92 Å². The molecule has 1 aliphatic carbocycles. The van der Waals surface area contributed by atoms with Crippen LogP contribution in [0.15, 0.2) is 0 Å². The average molecular weight is 244 g/mol. The van der Waals surface area contributed by atoms with Crippen LogP contribution in [-0.4, -0.2) is 54.9 Å². The minimum Gasteiger partial charge on any atom is -0.481 e. The molecule has 0 saturated heterocycles. The summed E-state index contributed by atoms with van der Waals surface area (Å²) in [5, 5.41) is 11.6. The van der Waals surface area contributed by atoms with Crippen LogP contribution in [0, 0.1) is 5.92 Å². The molecule has 0 radical (unpaired) electrons. The van der Waals surface area contributed by atoms with Crippen LogP contribution in [0.1, 0.15) is 19.8 Å². The Balaban J connectivity index is 2.26. The molecule has 2 amide bonds. The maximum Gasteiger partial charge on any atom is 0.317 e. The van der Waals surface area contributed by atoms with Crippen molar-refractivity contribution in [3.63, 3.8) is 0 Å². The molecule has 0 aromatic carbocycles. The van der Waals surface area contributed by atoms with Gasteiger partial charge in [-0.15, -0.1) is 0 Å². The Kier molecular flexibility index (Phi) is 4.74. The molecule has 6 nitrogen and oxygen atoms in total. The lowest BCUT2D eigenvalue weighted by molar-refractivity contribution is -0.141. The molecule has 1 aliphatic rings. The first-order chi connectivity index (χ1) is 7.93. The number of aliphatic carboxylic acids is 1. The van der Waals surface area contributed by atoms with Crippen molar-refractivity contribution in [2.45, 2.75) is 31.9 Å². The van der Waals surface area contributed by atoms with Gasteiger partial charge in [-0.25, -0.2) is 4.79 Å². The monoisotopic (exact) mass is 244 g/mol. The van der Waals surface area contributed by atoms with Crippen molar-refractivity contribution >= 4 is 12.0 Å². The highest BCUT2D eigenvalue weighted by Gasteiger charge is 2.31. The van der Waals surface area contributed by atoms with Gasteiger partial charge in [0.2, 0.25) is 0 Å². The number of urea groups is 1. The average Bonchev–Trinajstić information content (AvgIpc) is 2.21. The third-order valence-electron chi connectivity index (χ3n) is 3.07. The lowest BCUT2D eigenvalue weighted by Crippen LogP contribution is -2.51. The third-order valence-corrected chi connectivity index (χ3v) is 3.07. The molecule has 1 unspecified atom stereocenters. The van der Waals surface area contributed by atoms with E-state index in [1.807, 2.05) is 0 Å². The number of ether oxygens (including phenoxy) is 1. The van der Waals surface area contributed by atoms with Gasteiger partial charge in [-0.05, 0) is 12.8 Å². The van der Waals surface area contributed by atoms with E-state index in [2.05, 4.69) is 5.32 Å². The number of methoxy groups -OCH3 is 1. The summed E-state index contributed by atoms with van der Waals surface area (Å²) in [5.74, 6) is -1.45. The second-order valence-electron chi connectivity index (χ2n) is 4.60. The number of hydrogen-bond acceptors (Lipinski definition) is 3. The van der Waals surface area contributed by atoms with E-state index < -0.39 is 11.9 Å². The predicted octanol–water partition coefficient (Wildman–Crippen LogP) is 0.526. The van der Waals surface area contributed by atoms with Gasteiger partial charge in [0.25, 0.3) is 0 Å². The molecule has 1 atom stereocenters. The zero-order valence-corrected chi connectivity index (χ0v) is 10.5. The molecule has 0 aliphatic heterocycles. The molecule has 1 saturated carbocycles. The summed E-state index contributed by atoms with van der Waals surface area (Å²) in [6.45, 7) is 1.79. The van der Waals surface area contributed by atoms with Gasteiger partial charge in [0.1, 0.15) is 0 Å². The fourth-order valence-electron chi connectivity index (χ4n) is 1.73. The maximum atomic E-state index is 11.7. The standard InChI is InChI=1S/C11H20N2O4/c1-7(10(14)15)6-13(2)11(16)12-8-4-9(5-8)17-3/h7-9H,4-6H2,1-3H3,(H,12,16)(H,14,15). The molecule has 0 bridgehead atoms. The Morgan fingerprint density at radius 2 is 2.12 bits per heavy atom.